The number of benzene rings is 1. The Morgan fingerprint density at radius 1 is 1.24 bits per heavy atom. The predicted molar refractivity (Wildman–Crippen MR) is 113 cm³/mol. The lowest BCUT2D eigenvalue weighted by atomic mass is 9.78. The maximum Gasteiger partial charge on any atom is 0.241 e. The Kier molecular flexibility index (Phi) is 6.70. The number of halogens is 1. The molecule has 2 aromatic rings. The Morgan fingerprint density at radius 3 is 2.62 bits per heavy atom. The molecule has 29 heavy (non-hydrogen) atoms. The molecule has 0 saturated heterocycles. The summed E-state index contributed by atoms with van der Waals surface area (Å²) in [4.78, 5) is 12.9. The first-order chi connectivity index (χ1) is 13.6. The molecule has 1 atom stereocenters. The smallest absolute Gasteiger partial charge is 0.241 e. The third-order valence-electron chi connectivity index (χ3n) is 5.93. The lowest BCUT2D eigenvalue weighted by molar-refractivity contribution is -0.123. The normalized spacial score (nSPS) is 18.0. The first kappa shape index (κ1) is 21.5. The average Bonchev–Trinajstić information content (AvgIpc) is 3.37. The van der Waals surface area contributed by atoms with Crippen LogP contribution in [0.3, 0.4) is 0 Å². The molecule has 2 heterocycles. The highest BCUT2D eigenvalue weighted by molar-refractivity contribution is 5.85. The van der Waals surface area contributed by atoms with Gasteiger partial charge in [-0.15, -0.1) is 12.4 Å². The van der Waals surface area contributed by atoms with E-state index in [9.17, 15) is 4.79 Å². The Hall–Kier alpha value is -2.25. The fourth-order valence-electron chi connectivity index (χ4n) is 4.39. The number of rotatable bonds is 6. The van der Waals surface area contributed by atoms with E-state index in [2.05, 4.69) is 27.9 Å². The van der Waals surface area contributed by atoms with Crippen molar-refractivity contribution in [1.82, 2.24) is 20.4 Å². The zero-order chi connectivity index (χ0) is 19.6. The fourth-order valence-corrected chi connectivity index (χ4v) is 4.39. The summed E-state index contributed by atoms with van der Waals surface area (Å²) in [6.45, 7) is 1.78. The van der Waals surface area contributed by atoms with E-state index in [-0.39, 0.29) is 23.7 Å². The van der Waals surface area contributed by atoms with Crippen LogP contribution in [-0.2, 0) is 17.3 Å². The lowest BCUT2D eigenvalue weighted by Gasteiger charge is -2.32. The van der Waals surface area contributed by atoms with E-state index >= 15 is 0 Å². The van der Waals surface area contributed by atoms with Gasteiger partial charge in [-0.3, -0.25) is 9.48 Å². The van der Waals surface area contributed by atoms with Gasteiger partial charge in [-0.25, -0.2) is 0 Å². The third-order valence-corrected chi connectivity index (χ3v) is 5.93. The van der Waals surface area contributed by atoms with E-state index in [0.29, 0.717) is 19.8 Å². The molecule has 1 aromatic heterocycles. The van der Waals surface area contributed by atoms with Crippen molar-refractivity contribution in [2.45, 2.75) is 37.1 Å². The number of hydrogen-bond donors (Lipinski definition) is 2. The van der Waals surface area contributed by atoms with E-state index in [1.165, 1.54) is 18.4 Å². The number of aromatic nitrogens is 2. The van der Waals surface area contributed by atoms with Gasteiger partial charge in [0.1, 0.15) is 19.3 Å². The van der Waals surface area contributed by atoms with Gasteiger partial charge in [0.05, 0.1) is 6.20 Å². The van der Waals surface area contributed by atoms with Crippen LogP contribution in [0, 0.1) is 0 Å². The topological polar surface area (TPSA) is 77.4 Å². The molecule has 0 radical (unpaired) electrons. The molecule has 8 heteroatoms. The molecule has 1 unspecified atom stereocenters. The van der Waals surface area contributed by atoms with Crippen molar-refractivity contribution in [2.24, 2.45) is 7.05 Å². The summed E-state index contributed by atoms with van der Waals surface area (Å²) in [5.41, 5.74) is 2.03. The van der Waals surface area contributed by atoms with E-state index in [0.717, 1.165) is 29.9 Å². The number of carbonyl (C=O) groups is 1. The Bertz CT molecular complexity index is 848. The van der Waals surface area contributed by atoms with E-state index in [4.69, 9.17) is 9.47 Å². The van der Waals surface area contributed by atoms with Gasteiger partial charge in [0.25, 0.3) is 0 Å². The van der Waals surface area contributed by atoms with Gasteiger partial charge in [-0.2, -0.15) is 5.10 Å². The molecule has 0 bridgehead atoms. The Morgan fingerprint density at radius 2 is 1.97 bits per heavy atom. The quantitative estimate of drug-likeness (QED) is 0.750. The van der Waals surface area contributed by atoms with Crippen molar-refractivity contribution in [3.8, 4) is 11.5 Å². The van der Waals surface area contributed by atoms with Gasteiger partial charge < -0.3 is 20.1 Å². The molecular weight excluding hydrogens is 392 g/mol. The number of aryl methyl sites for hydroxylation is 1. The van der Waals surface area contributed by atoms with Crippen LogP contribution >= 0.6 is 12.4 Å². The van der Waals surface area contributed by atoms with E-state index < -0.39 is 6.04 Å². The van der Waals surface area contributed by atoms with Gasteiger partial charge in [-0.1, -0.05) is 18.9 Å². The molecule has 0 spiro atoms. The first-order valence-corrected chi connectivity index (χ1v) is 9.95. The van der Waals surface area contributed by atoms with Crippen molar-refractivity contribution in [3.63, 3.8) is 0 Å². The average molecular weight is 421 g/mol. The number of nitrogens with zero attached hydrogens (tertiary/aromatic N) is 2. The number of ether oxygens (including phenoxy) is 2. The summed E-state index contributed by atoms with van der Waals surface area (Å²) < 4.78 is 13.1. The third kappa shape index (κ3) is 4.36. The maximum atomic E-state index is 12.9. The lowest BCUT2D eigenvalue weighted by Crippen LogP contribution is -2.43. The second-order valence-corrected chi connectivity index (χ2v) is 7.73. The van der Waals surface area contributed by atoms with Crippen LogP contribution in [0.15, 0.2) is 30.6 Å². The van der Waals surface area contributed by atoms with Gasteiger partial charge in [0.2, 0.25) is 5.91 Å². The minimum absolute atomic E-state index is 0. The molecule has 1 saturated carbocycles. The van der Waals surface area contributed by atoms with Crippen LogP contribution < -0.4 is 20.1 Å². The number of carbonyl (C=O) groups excluding carboxylic acids is 1. The minimum atomic E-state index is -0.410. The van der Waals surface area contributed by atoms with Gasteiger partial charge in [0.15, 0.2) is 11.5 Å². The minimum Gasteiger partial charge on any atom is -0.486 e. The molecule has 158 valence electrons. The summed E-state index contributed by atoms with van der Waals surface area (Å²) in [6.07, 6.45) is 8.05. The highest BCUT2D eigenvalue weighted by Crippen LogP contribution is 2.43. The molecule has 1 aliphatic heterocycles. The van der Waals surface area contributed by atoms with Crippen LogP contribution in [0.4, 0.5) is 0 Å². The summed E-state index contributed by atoms with van der Waals surface area (Å²) in [5.74, 6) is 1.59. The zero-order valence-corrected chi connectivity index (χ0v) is 17.8. The molecule has 1 aliphatic carbocycles. The van der Waals surface area contributed by atoms with Gasteiger partial charge in [-0.05, 0) is 37.6 Å². The monoisotopic (exact) mass is 420 g/mol. The van der Waals surface area contributed by atoms with Crippen molar-refractivity contribution in [3.05, 3.63) is 41.7 Å². The second kappa shape index (κ2) is 9.05. The molecule has 1 aromatic carbocycles. The van der Waals surface area contributed by atoms with Crippen LogP contribution in [0.2, 0.25) is 0 Å². The van der Waals surface area contributed by atoms with Crippen molar-refractivity contribution in [1.29, 1.82) is 0 Å². The molecule has 1 amide bonds. The number of hydrogen-bond acceptors (Lipinski definition) is 5. The van der Waals surface area contributed by atoms with Crippen LogP contribution in [0.1, 0.15) is 42.9 Å². The van der Waals surface area contributed by atoms with Crippen LogP contribution in [-0.4, -0.2) is 42.5 Å². The zero-order valence-electron chi connectivity index (χ0n) is 16.9. The van der Waals surface area contributed by atoms with Gasteiger partial charge >= 0.3 is 0 Å². The number of fused-ring (bicyclic) bond motifs is 1. The summed E-state index contributed by atoms with van der Waals surface area (Å²) in [5, 5.41) is 10.5. The molecule has 7 nitrogen and oxygen atoms in total. The van der Waals surface area contributed by atoms with Crippen LogP contribution in [0.5, 0.6) is 11.5 Å². The number of nitrogens with one attached hydrogen (secondary N) is 2. The molecular formula is C21H29ClN4O3. The maximum absolute atomic E-state index is 12.9. The van der Waals surface area contributed by atoms with E-state index in [1.54, 1.807) is 17.9 Å². The van der Waals surface area contributed by atoms with Crippen molar-refractivity contribution >= 4 is 18.3 Å². The standard InChI is InChI=1S/C21H28N4O3.ClH/c1-22-19(15-12-24-25(2)13-15)20(26)23-14-21(7-3-4-8-21)16-5-6-17-18(11-16)28-10-9-27-17;/h5-6,11-13,19,22H,3-4,7-10,14H2,1-2H3,(H,23,26);1H. The first-order valence-electron chi connectivity index (χ1n) is 9.95. The fraction of sp³-hybridized carbons (Fsp3) is 0.524. The number of amides is 1. The summed E-state index contributed by atoms with van der Waals surface area (Å²) in [6, 6.07) is 5.81. The number of likely N-dealkylation sites (N-methyl/N-ethyl adjacent to an activating group) is 1. The molecule has 2 N–H and O–H groups in total. The second-order valence-electron chi connectivity index (χ2n) is 7.73. The molecule has 2 aliphatic rings. The van der Waals surface area contributed by atoms with Crippen LogP contribution in [0.25, 0.3) is 0 Å². The predicted octanol–water partition coefficient (Wildman–Crippen LogP) is 2.50. The highest BCUT2D eigenvalue weighted by atomic mass is 35.5. The summed E-state index contributed by atoms with van der Waals surface area (Å²) >= 11 is 0. The van der Waals surface area contributed by atoms with E-state index in [1.807, 2.05) is 19.3 Å². The molecule has 1 fully saturated rings. The highest BCUT2D eigenvalue weighted by Gasteiger charge is 2.37. The molecule has 4 rings (SSSR count). The Balaban J connectivity index is 0.00000240. The largest absolute Gasteiger partial charge is 0.486 e. The van der Waals surface area contributed by atoms with Gasteiger partial charge in [0, 0.05) is 30.8 Å². The SMILES string of the molecule is CNC(C(=O)NCC1(c2ccc3c(c2)OCCO3)CCCC1)c1cnn(C)c1.Cl. The van der Waals surface area contributed by atoms with Crippen molar-refractivity contribution in [2.75, 3.05) is 26.8 Å². The van der Waals surface area contributed by atoms with Crippen molar-refractivity contribution < 1.29 is 14.3 Å². The Labute approximate surface area is 177 Å². The summed E-state index contributed by atoms with van der Waals surface area (Å²) in [7, 11) is 3.65.